The van der Waals surface area contributed by atoms with E-state index in [1.165, 1.54) is 0 Å². The first-order valence-corrected chi connectivity index (χ1v) is 10.1. The molecule has 150 valence electrons. The van der Waals surface area contributed by atoms with Crippen molar-refractivity contribution >= 4 is 16.7 Å². The van der Waals surface area contributed by atoms with E-state index in [1.54, 1.807) is 6.07 Å². The molecule has 0 aliphatic carbocycles. The fraction of sp³-hybridized carbons (Fsp3) is 0.160. The number of anilines is 1. The number of hydrogen-bond acceptors (Lipinski definition) is 5. The Kier molecular flexibility index (Phi) is 4.63. The molecule has 6 heteroatoms. The Hall–Kier alpha value is -4.13. The maximum atomic E-state index is 9.36. The van der Waals surface area contributed by atoms with E-state index in [4.69, 9.17) is 17.1 Å². The number of aromatic nitrogens is 3. The molecule has 2 aromatic carbocycles. The Labute approximate surface area is 180 Å². The Morgan fingerprint density at radius 3 is 2.77 bits per heavy atom. The molecule has 31 heavy (non-hydrogen) atoms. The molecule has 3 N–H and O–H groups in total. The molecule has 0 spiro atoms. The molecule has 6 nitrogen and oxygen atoms in total. The molecule has 0 saturated carbocycles. The summed E-state index contributed by atoms with van der Waals surface area (Å²) in [6, 6.07) is 15.7. The summed E-state index contributed by atoms with van der Waals surface area (Å²) in [6.07, 6.45) is 10.3. The zero-order valence-corrected chi connectivity index (χ0v) is 16.8. The average Bonchev–Trinajstić information content (AvgIpc) is 3.44. The Morgan fingerprint density at radius 2 is 2.00 bits per heavy atom. The van der Waals surface area contributed by atoms with Crippen molar-refractivity contribution in [1.29, 1.82) is 5.26 Å². The minimum Gasteiger partial charge on any atom is -0.369 e. The normalized spacial score (nSPS) is 15.7. The van der Waals surface area contributed by atoms with Crippen LogP contribution >= 0.6 is 0 Å². The van der Waals surface area contributed by atoms with Crippen LogP contribution in [0.3, 0.4) is 0 Å². The van der Waals surface area contributed by atoms with Gasteiger partial charge in [-0.25, -0.2) is 4.98 Å². The van der Waals surface area contributed by atoms with E-state index in [-0.39, 0.29) is 6.04 Å². The zero-order chi connectivity index (χ0) is 21.4. The van der Waals surface area contributed by atoms with Crippen molar-refractivity contribution < 1.29 is 0 Å². The third-order valence-electron chi connectivity index (χ3n) is 5.68. The molecule has 1 atom stereocenters. The smallest absolute Gasteiger partial charge is 0.142 e. The van der Waals surface area contributed by atoms with E-state index in [0.29, 0.717) is 11.4 Å². The Balaban J connectivity index is 1.75. The molecule has 0 amide bonds. The van der Waals surface area contributed by atoms with Crippen LogP contribution in [0.15, 0.2) is 54.9 Å². The maximum absolute atomic E-state index is 9.36. The molecule has 1 fully saturated rings. The lowest BCUT2D eigenvalue weighted by molar-refractivity contribution is 0.752. The van der Waals surface area contributed by atoms with E-state index in [2.05, 4.69) is 26.9 Å². The van der Waals surface area contributed by atoms with Gasteiger partial charge in [0.25, 0.3) is 0 Å². The quantitative estimate of drug-likeness (QED) is 0.508. The molecule has 0 radical (unpaired) electrons. The second-order valence-electron chi connectivity index (χ2n) is 7.70. The van der Waals surface area contributed by atoms with E-state index < -0.39 is 0 Å². The first-order valence-electron chi connectivity index (χ1n) is 10.1. The van der Waals surface area contributed by atoms with Gasteiger partial charge in [-0.3, -0.25) is 4.98 Å². The monoisotopic (exact) mass is 404 g/mol. The summed E-state index contributed by atoms with van der Waals surface area (Å²) in [6.45, 7) is 1.59. The summed E-state index contributed by atoms with van der Waals surface area (Å²) in [4.78, 5) is 15.0. The molecule has 2 aromatic heterocycles. The van der Waals surface area contributed by atoms with Crippen LogP contribution in [0, 0.1) is 23.7 Å². The third-order valence-corrected chi connectivity index (χ3v) is 5.68. The predicted molar refractivity (Wildman–Crippen MR) is 122 cm³/mol. The van der Waals surface area contributed by atoms with Crippen molar-refractivity contribution in [3.05, 3.63) is 66.0 Å². The van der Waals surface area contributed by atoms with E-state index in [9.17, 15) is 5.26 Å². The van der Waals surface area contributed by atoms with Gasteiger partial charge in [-0.05, 0) is 36.2 Å². The number of nitrogens with one attached hydrogen (secondary N) is 1. The summed E-state index contributed by atoms with van der Waals surface area (Å²) < 4.78 is 0. The average molecular weight is 404 g/mol. The summed E-state index contributed by atoms with van der Waals surface area (Å²) in [5, 5.41) is 9.36. The number of imidazole rings is 1. The van der Waals surface area contributed by atoms with Crippen LogP contribution in [0.2, 0.25) is 0 Å². The standard InChI is InChI=1S/C25H20N6/c1-2-17-6-4-8-22-23(17)30-25(29-22)21-14-28-13-20(18-7-3-5-16(11-18)12-26)24(21)31-10-9-19(27)15-31/h1,3-8,11,13-14,19H,9-10,15,27H2,(H,29,30)/t19-/m0/s1. The Bertz CT molecular complexity index is 1370. The van der Waals surface area contributed by atoms with Crippen LogP contribution in [0.1, 0.15) is 17.5 Å². The number of pyridine rings is 1. The number of fused-ring (bicyclic) bond motifs is 1. The lowest BCUT2D eigenvalue weighted by Crippen LogP contribution is -2.27. The summed E-state index contributed by atoms with van der Waals surface area (Å²) in [5.74, 6) is 3.41. The molecule has 1 saturated heterocycles. The van der Waals surface area contributed by atoms with Crippen molar-refractivity contribution in [2.45, 2.75) is 12.5 Å². The fourth-order valence-electron chi connectivity index (χ4n) is 4.20. The number of aromatic amines is 1. The third kappa shape index (κ3) is 3.30. The van der Waals surface area contributed by atoms with Gasteiger partial charge in [0.05, 0.1) is 34.0 Å². The van der Waals surface area contributed by atoms with Crippen molar-refractivity contribution in [2.75, 3.05) is 18.0 Å². The molecular formula is C25H20N6. The van der Waals surface area contributed by atoms with Gasteiger partial charge >= 0.3 is 0 Å². The summed E-state index contributed by atoms with van der Waals surface area (Å²) in [5.41, 5.74) is 13.0. The van der Waals surface area contributed by atoms with Crippen molar-refractivity contribution in [3.8, 4) is 40.9 Å². The lowest BCUT2D eigenvalue weighted by Gasteiger charge is -2.24. The first kappa shape index (κ1) is 18.9. The van der Waals surface area contributed by atoms with Gasteiger partial charge in [0.15, 0.2) is 0 Å². The highest BCUT2D eigenvalue weighted by Crippen LogP contribution is 2.40. The molecule has 1 aliphatic rings. The second-order valence-corrected chi connectivity index (χ2v) is 7.70. The number of nitrogens with zero attached hydrogens (tertiary/aromatic N) is 4. The molecule has 5 rings (SSSR count). The molecule has 0 unspecified atom stereocenters. The number of terminal acetylenes is 1. The second kappa shape index (κ2) is 7.60. The minimum atomic E-state index is 0.114. The molecule has 1 aliphatic heterocycles. The van der Waals surface area contributed by atoms with Gasteiger partial charge < -0.3 is 15.6 Å². The van der Waals surface area contributed by atoms with Gasteiger partial charge in [0, 0.05) is 37.1 Å². The molecular weight excluding hydrogens is 384 g/mol. The van der Waals surface area contributed by atoms with E-state index in [1.807, 2.05) is 48.8 Å². The van der Waals surface area contributed by atoms with Crippen LogP contribution in [-0.4, -0.2) is 34.1 Å². The van der Waals surface area contributed by atoms with Crippen LogP contribution in [0.5, 0.6) is 0 Å². The first-order chi connectivity index (χ1) is 15.2. The highest BCUT2D eigenvalue weighted by atomic mass is 15.2. The van der Waals surface area contributed by atoms with Crippen molar-refractivity contribution in [3.63, 3.8) is 0 Å². The fourth-order valence-corrected chi connectivity index (χ4v) is 4.20. The number of hydrogen-bond donors (Lipinski definition) is 2. The number of nitriles is 1. The molecule has 0 bridgehead atoms. The molecule has 4 aromatic rings. The van der Waals surface area contributed by atoms with Crippen LogP contribution in [0.25, 0.3) is 33.5 Å². The number of nitrogens with two attached hydrogens (primary N) is 1. The number of rotatable bonds is 3. The van der Waals surface area contributed by atoms with Crippen LogP contribution < -0.4 is 10.6 Å². The molecule has 3 heterocycles. The minimum absolute atomic E-state index is 0.114. The van der Waals surface area contributed by atoms with E-state index >= 15 is 0 Å². The van der Waals surface area contributed by atoms with Gasteiger partial charge in [0.1, 0.15) is 11.3 Å². The number of benzene rings is 2. The Morgan fingerprint density at radius 1 is 1.16 bits per heavy atom. The number of para-hydroxylation sites is 1. The zero-order valence-electron chi connectivity index (χ0n) is 16.8. The highest BCUT2D eigenvalue weighted by Gasteiger charge is 2.26. The van der Waals surface area contributed by atoms with Gasteiger partial charge in [-0.15, -0.1) is 6.42 Å². The van der Waals surface area contributed by atoms with Crippen LogP contribution in [0.4, 0.5) is 5.69 Å². The summed E-state index contributed by atoms with van der Waals surface area (Å²) in [7, 11) is 0. The van der Waals surface area contributed by atoms with Gasteiger partial charge in [0.2, 0.25) is 0 Å². The van der Waals surface area contributed by atoms with Crippen molar-refractivity contribution in [2.24, 2.45) is 5.73 Å². The number of H-pyrrole nitrogens is 1. The highest BCUT2D eigenvalue weighted by molar-refractivity contribution is 5.92. The lowest BCUT2D eigenvalue weighted by atomic mass is 10.00. The SMILES string of the molecule is C#Cc1cccc2[nH]c(-c3cncc(-c4cccc(C#N)c4)c3N3CC[C@H](N)C3)nc12. The topological polar surface area (TPSA) is 94.6 Å². The largest absolute Gasteiger partial charge is 0.369 e. The maximum Gasteiger partial charge on any atom is 0.142 e. The van der Waals surface area contributed by atoms with E-state index in [0.717, 1.165) is 58.5 Å². The predicted octanol–water partition coefficient (Wildman–Crippen LogP) is 3.68. The van der Waals surface area contributed by atoms with Crippen molar-refractivity contribution in [1.82, 2.24) is 15.0 Å². The van der Waals surface area contributed by atoms with Crippen LogP contribution in [-0.2, 0) is 0 Å². The van der Waals surface area contributed by atoms with Gasteiger partial charge in [-0.2, -0.15) is 5.26 Å². The van der Waals surface area contributed by atoms with Gasteiger partial charge in [-0.1, -0.05) is 24.1 Å². The summed E-state index contributed by atoms with van der Waals surface area (Å²) >= 11 is 0.